The fourth-order valence-corrected chi connectivity index (χ4v) is 4.98. The minimum Gasteiger partial charge on any atom is -0.504 e. The second-order valence-electron chi connectivity index (χ2n) is 9.06. The zero-order valence-corrected chi connectivity index (χ0v) is 17.5. The molecule has 0 bridgehead atoms. The van der Waals surface area contributed by atoms with Gasteiger partial charge in [0, 0.05) is 23.2 Å². The number of phenols is 1. The van der Waals surface area contributed by atoms with Crippen LogP contribution in [0.5, 0.6) is 11.5 Å². The minimum atomic E-state index is -0.147. The van der Waals surface area contributed by atoms with Crippen LogP contribution in [0.15, 0.2) is 60.2 Å². The molecule has 2 aliphatic rings. The van der Waals surface area contributed by atoms with Crippen LogP contribution in [-0.4, -0.2) is 18.0 Å². The molecule has 0 spiro atoms. The minimum absolute atomic E-state index is 0.0983. The second kappa shape index (κ2) is 6.63. The van der Waals surface area contributed by atoms with Crippen molar-refractivity contribution in [1.82, 2.24) is 0 Å². The Hall–Kier alpha value is -3.27. The molecule has 0 saturated carbocycles. The van der Waals surface area contributed by atoms with Gasteiger partial charge in [-0.15, -0.1) is 0 Å². The number of Topliss-reactive ketones (excluding diaryl/α,β-unsaturated/α-hetero) is 1. The average molecular weight is 399 g/mol. The molecule has 2 N–H and O–H groups in total. The molecule has 1 aliphatic heterocycles. The number of benzene rings is 3. The fraction of sp³-hybridized carbons (Fsp3) is 0.269. The zero-order chi connectivity index (χ0) is 21.0. The van der Waals surface area contributed by atoms with E-state index < -0.39 is 0 Å². The van der Waals surface area contributed by atoms with Crippen LogP contribution < -0.4 is 10.1 Å². The smallest absolute Gasteiger partial charge is 0.164 e. The predicted octanol–water partition coefficient (Wildman–Crippen LogP) is 5.86. The van der Waals surface area contributed by atoms with Crippen molar-refractivity contribution >= 4 is 27.8 Å². The second-order valence-corrected chi connectivity index (χ2v) is 9.06. The number of phenolic OH excluding ortho intramolecular Hbond substituents is 1. The van der Waals surface area contributed by atoms with E-state index in [1.165, 1.54) is 0 Å². The van der Waals surface area contributed by atoms with E-state index in [9.17, 15) is 9.90 Å². The Morgan fingerprint density at radius 2 is 1.87 bits per heavy atom. The highest BCUT2D eigenvalue weighted by Crippen LogP contribution is 2.52. The van der Waals surface area contributed by atoms with Crippen LogP contribution in [0.4, 0.5) is 5.69 Å². The van der Waals surface area contributed by atoms with E-state index in [0.717, 1.165) is 45.2 Å². The van der Waals surface area contributed by atoms with Gasteiger partial charge in [0.1, 0.15) is 0 Å². The molecule has 0 amide bonds. The maximum Gasteiger partial charge on any atom is 0.164 e. The Bertz CT molecular complexity index is 1220. The number of fused-ring (bicyclic) bond motifs is 4. The molecule has 1 heterocycles. The van der Waals surface area contributed by atoms with E-state index in [-0.39, 0.29) is 23.0 Å². The lowest BCUT2D eigenvalue weighted by atomic mass is 9.68. The summed E-state index contributed by atoms with van der Waals surface area (Å²) in [7, 11) is 1.55. The van der Waals surface area contributed by atoms with Crippen molar-refractivity contribution in [3.8, 4) is 11.5 Å². The van der Waals surface area contributed by atoms with Crippen LogP contribution in [0.2, 0.25) is 0 Å². The molecule has 0 saturated heterocycles. The first-order chi connectivity index (χ1) is 14.4. The van der Waals surface area contributed by atoms with Crippen molar-refractivity contribution in [2.75, 3.05) is 12.4 Å². The quantitative estimate of drug-likeness (QED) is 0.566. The number of rotatable bonds is 2. The van der Waals surface area contributed by atoms with Crippen molar-refractivity contribution in [1.29, 1.82) is 0 Å². The van der Waals surface area contributed by atoms with Gasteiger partial charge in [0.25, 0.3) is 0 Å². The standard InChI is InChI=1S/C26H25NO3/c1-26(2)13-18-24(21(29)14-26)23-17-7-5-4-6-15(17)8-10-19(23)27-25(18)16-9-11-20(28)22(12-16)30-3/h4-12,25,27-28H,13-14H2,1-3H3/t25-/m1/s1. The van der Waals surface area contributed by atoms with Crippen molar-refractivity contribution < 1.29 is 14.6 Å². The van der Waals surface area contributed by atoms with E-state index in [1.54, 1.807) is 13.2 Å². The van der Waals surface area contributed by atoms with Crippen LogP contribution in [0, 0.1) is 5.41 Å². The number of methoxy groups -OCH3 is 1. The van der Waals surface area contributed by atoms with Crippen LogP contribution >= 0.6 is 0 Å². The zero-order valence-electron chi connectivity index (χ0n) is 17.5. The molecule has 4 nitrogen and oxygen atoms in total. The van der Waals surface area contributed by atoms with Crippen molar-refractivity contribution in [3.63, 3.8) is 0 Å². The molecule has 3 aromatic rings. The lowest BCUT2D eigenvalue weighted by Crippen LogP contribution is -2.32. The fourth-order valence-electron chi connectivity index (χ4n) is 4.98. The predicted molar refractivity (Wildman–Crippen MR) is 120 cm³/mol. The largest absolute Gasteiger partial charge is 0.504 e. The first-order valence-electron chi connectivity index (χ1n) is 10.3. The molecule has 0 radical (unpaired) electrons. The molecule has 1 atom stereocenters. The third kappa shape index (κ3) is 2.86. The number of hydrogen-bond acceptors (Lipinski definition) is 4. The molecular formula is C26H25NO3. The Morgan fingerprint density at radius 1 is 1.07 bits per heavy atom. The summed E-state index contributed by atoms with van der Waals surface area (Å²) in [6, 6.07) is 17.7. The summed E-state index contributed by atoms with van der Waals surface area (Å²) in [6.45, 7) is 4.31. The van der Waals surface area contributed by atoms with Gasteiger partial charge >= 0.3 is 0 Å². The molecule has 0 unspecified atom stereocenters. The lowest BCUT2D eigenvalue weighted by molar-refractivity contribution is -0.116. The highest BCUT2D eigenvalue weighted by Gasteiger charge is 2.40. The summed E-state index contributed by atoms with van der Waals surface area (Å²) < 4.78 is 5.34. The summed E-state index contributed by atoms with van der Waals surface area (Å²) >= 11 is 0. The third-order valence-electron chi connectivity index (χ3n) is 6.27. The molecule has 152 valence electrons. The van der Waals surface area contributed by atoms with Gasteiger partial charge in [-0.1, -0.05) is 50.2 Å². The molecule has 4 heteroatoms. The van der Waals surface area contributed by atoms with E-state index in [1.807, 2.05) is 24.3 Å². The number of ether oxygens (including phenoxy) is 1. The van der Waals surface area contributed by atoms with E-state index in [4.69, 9.17) is 4.74 Å². The molecule has 30 heavy (non-hydrogen) atoms. The first-order valence-corrected chi connectivity index (χ1v) is 10.3. The van der Waals surface area contributed by atoms with Crippen LogP contribution in [0.3, 0.4) is 0 Å². The van der Waals surface area contributed by atoms with Crippen molar-refractivity contribution in [3.05, 3.63) is 71.3 Å². The van der Waals surface area contributed by atoms with E-state index in [0.29, 0.717) is 12.2 Å². The Labute approximate surface area is 176 Å². The van der Waals surface area contributed by atoms with Gasteiger partial charge in [-0.3, -0.25) is 4.79 Å². The first kappa shape index (κ1) is 18.7. The number of aromatic hydroxyl groups is 1. The van der Waals surface area contributed by atoms with Gasteiger partial charge in [-0.2, -0.15) is 0 Å². The molecule has 5 rings (SSSR count). The Kier molecular flexibility index (Phi) is 4.14. The molecule has 3 aromatic carbocycles. The number of nitrogens with one attached hydrogen (secondary N) is 1. The molecular weight excluding hydrogens is 374 g/mol. The number of anilines is 1. The summed E-state index contributed by atoms with van der Waals surface area (Å²) in [4.78, 5) is 13.5. The molecule has 0 fully saturated rings. The lowest BCUT2D eigenvalue weighted by Gasteiger charge is -2.40. The van der Waals surface area contributed by atoms with E-state index >= 15 is 0 Å². The van der Waals surface area contributed by atoms with Gasteiger partial charge in [0.15, 0.2) is 17.3 Å². The summed E-state index contributed by atoms with van der Waals surface area (Å²) in [5.41, 5.74) is 4.84. The van der Waals surface area contributed by atoms with Crippen LogP contribution in [0.1, 0.15) is 43.9 Å². The average Bonchev–Trinajstić information content (AvgIpc) is 2.72. The van der Waals surface area contributed by atoms with Gasteiger partial charge < -0.3 is 15.2 Å². The number of carbonyl (C=O) groups excluding carboxylic acids is 1. The maximum absolute atomic E-state index is 13.5. The highest BCUT2D eigenvalue weighted by molar-refractivity contribution is 6.28. The maximum atomic E-state index is 13.5. The Morgan fingerprint density at radius 3 is 2.67 bits per heavy atom. The number of hydrogen-bond donors (Lipinski definition) is 2. The van der Waals surface area contributed by atoms with E-state index in [2.05, 4.69) is 43.4 Å². The van der Waals surface area contributed by atoms with Crippen LogP contribution in [-0.2, 0) is 4.79 Å². The number of allylic oxidation sites excluding steroid dienone is 1. The summed E-state index contributed by atoms with van der Waals surface area (Å²) in [5, 5.41) is 16.0. The van der Waals surface area contributed by atoms with Crippen molar-refractivity contribution in [2.45, 2.75) is 32.7 Å². The van der Waals surface area contributed by atoms with Gasteiger partial charge in [-0.05, 0) is 51.9 Å². The Balaban J connectivity index is 1.78. The topological polar surface area (TPSA) is 58.6 Å². The van der Waals surface area contributed by atoms with Gasteiger partial charge in [0.2, 0.25) is 0 Å². The third-order valence-corrected chi connectivity index (χ3v) is 6.27. The monoisotopic (exact) mass is 399 g/mol. The number of carbonyl (C=O) groups is 1. The summed E-state index contributed by atoms with van der Waals surface area (Å²) in [6.07, 6.45) is 1.37. The van der Waals surface area contributed by atoms with Gasteiger partial charge in [-0.25, -0.2) is 0 Å². The SMILES string of the molecule is COc1cc([C@H]2Nc3ccc4ccccc4c3C3=C2CC(C)(C)CC3=O)ccc1O. The molecule has 0 aromatic heterocycles. The van der Waals surface area contributed by atoms with Crippen molar-refractivity contribution in [2.24, 2.45) is 5.41 Å². The summed E-state index contributed by atoms with van der Waals surface area (Å²) in [5.74, 6) is 0.746. The molecule has 1 aliphatic carbocycles. The normalized spacial score (nSPS) is 19.8. The van der Waals surface area contributed by atoms with Crippen LogP contribution in [0.25, 0.3) is 16.3 Å². The number of ketones is 1. The highest BCUT2D eigenvalue weighted by atomic mass is 16.5. The van der Waals surface area contributed by atoms with Gasteiger partial charge in [0.05, 0.1) is 13.2 Å².